The summed E-state index contributed by atoms with van der Waals surface area (Å²) in [6.45, 7) is 26.0. The summed E-state index contributed by atoms with van der Waals surface area (Å²) in [6, 6.07) is 0. The second-order valence-corrected chi connectivity index (χ2v) is 14.5. The van der Waals surface area contributed by atoms with Crippen molar-refractivity contribution in [2.45, 2.75) is 125 Å². The van der Waals surface area contributed by atoms with E-state index in [1.165, 1.54) is 30.4 Å². The van der Waals surface area contributed by atoms with Crippen molar-refractivity contribution in [1.82, 2.24) is 0 Å². The lowest BCUT2D eigenvalue weighted by Crippen LogP contribution is -2.59. The second-order valence-electron chi connectivity index (χ2n) is 14.5. The monoisotopic (exact) mass is 456 g/mol. The Morgan fingerprint density at radius 2 is 1.30 bits per heavy atom. The minimum Gasteiger partial charge on any atom is -0.393 e. The lowest BCUT2D eigenvalue weighted by molar-refractivity contribution is -0.156. The van der Waals surface area contributed by atoms with Gasteiger partial charge in [0.2, 0.25) is 0 Å². The van der Waals surface area contributed by atoms with Crippen molar-refractivity contribution in [2.24, 2.45) is 44.8 Å². The fourth-order valence-corrected chi connectivity index (χ4v) is 9.98. The summed E-state index contributed by atoms with van der Waals surface area (Å²) < 4.78 is 0. The molecule has 2 heteroatoms. The van der Waals surface area contributed by atoms with Crippen molar-refractivity contribution in [3.63, 3.8) is 0 Å². The zero-order chi connectivity index (χ0) is 24.6. The van der Waals surface area contributed by atoms with Crippen LogP contribution in [0.25, 0.3) is 0 Å². The maximum atomic E-state index is 10.9. The van der Waals surface area contributed by atoms with E-state index in [1.807, 2.05) is 0 Å². The molecule has 0 saturated heterocycles. The molecule has 4 saturated carbocycles. The van der Waals surface area contributed by atoms with E-state index in [2.05, 4.69) is 61.6 Å². The van der Waals surface area contributed by atoms with Crippen LogP contribution in [0.5, 0.6) is 0 Å². The highest BCUT2D eigenvalue weighted by Crippen LogP contribution is 2.68. The first-order valence-corrected chi connectivity index (χ1v) is 13.8. The normalized spacial score (nSPS) is 49.3. The molecule has 0 bridgehead atoms. The molecule has 0 aliphatic heterocycles. The molecule has 0 aromatic carbocycles. The first kappa shape index (κ1) is 25.5. The molecule has 4 aliphatic carbocycles. The molecule has 2 N–H and O–H groups in total. The van der Waals surface area contributed by atoms with E-state index >= 15 is 0 Å². The SMILES string of the molecule is C=C1CC[C@H]2C(C)(C)[C@@H](O)CC[C@]2(C)[C@H]1CC[C@@]1(C)C(=C)CC[C@H]2C(C)(C)C(O)CC[C@@]21C. The van der Waals surface area contributed by atoms with Crippen molar-refractivity contribution >= 4 is 0 Å². The van der Waals surface area contributed by atoms with Gasteiger partial charge in [0, 0.05) is 0 Å². The van der Waals surface area contributed by atoms with Crippen LogP contribution in [0, 0.1) is 44.8 Å². The second kappa shape index (κ2) is 7.95. The molecule has 33 heavy (non-hydrogen) atoms. The maximum Gasteiger partial charge on any atom is 0.0594 e. The predicted molar refractivity (Wildman–Crippen MR) is 139 cm³/mol. The quantitative estimate of drug-likeness (QED) is 0.427. The number of rotatable bonds is 3. The van der Waals surface area contributed by atoms with Gasteiger partial charge < -0.3 is 10.2 Å². The first-order valence-electron chi connectivity index (χ1n) is 13.8. The van der Waals surface area contributed by atoms with Gasteiger partial charge in [-0.2, -0.15) is 0 Å². The molecule has 2 nitrogen and oxygen atoms in total. The van der Waals surface area contributed by atoms with Gasteiger partial charge in [-0.1, -0.05) is 72.8 Å². The third-order valence-corrected chi connectivity index (χ3v) is 12.7. The Morgan fingerprint density at radius 3 is 1.94 bits per heavy atom. The predicted octanol–water partition coefficient (Wildman–Crippen LogP) is 7.70. The molecule has 4 rings (SSSR count). The van der Waals surface area contributed by atoms with E-state index < -0.39 is 0 Å². The van der Waals surface area contributed by atoms with Gasteiger partial charge >= 0.3 is 0 Å². The molecule has 0 amide bonds. The van der Waals surface area contributed by atoms with Crippen LogP contribution in [0.1, 0.15) is 113 Å². The van der Waals surface area contributed by atoms with Crippen LogP contribution in [0.4, 0.5) is 0 Å². The highest BCUT2D eigenvalue weighted by molar-refractivity contribution is 5.24. The summed E-state index contributed by atoms with van der Waals surface area (Å²) in [7, 11) is 0. The van der Waals surface area contributed by atoms with Gasteiger partial charge in [0.05, 0.1) is 12.2 Å². The fraction of sp³-hybridized carbons (Fsp3) is 0.871. The summed E-state index contributed by atoms with van der Waals surface area (Å²) >= 11 is 0. The van der Waals surface area contributed by atoms with E-state index in [-0.39, 0.29) is 39.3 Å². The molecule has 0 heterocycles. The van der Waals surface area contributed by atoms with Gasteiger partial charge in [0.15, 0.2) is 0 Å². The molecule has 4 aliphatic rings. The topological polar surface area (TPSA) is 40.5 Å². The van der Waals surface area contributed by atoms with E-state index in [1.54, 1.807) is 0 Å². The summed E-state index contributed by atoms with van der Waals surface area (Å²) in [5, 5.41) is 21.7. The average molecular weight is 457 g/mol. The molecular weight excluding hydrogens is 404 g/mol. The molecule has 1 unspecified atom stereocenters. The zero-order valence-corrected chi connectivity index (χ0v) is 22.8. The Labute approximate surface area is 204 Å². The highest BCUT2D eigenvalue weighted by atomic mass is 16.3. The lowest BCUT2D eigenvalue weighted by atomic mass is 9.40. The zero-order valence-electron chi connectivity index (χ0n) is 22.8. The summed E-state index contributed by atoms with van der Waals surface area (Å²) in [5.74, 6) is 1.61. The van der Waals surface area contributed by atoms with Gasteiger partial charge in [0.1, 0.15) is 0 Å². The van der Waals surface area contributed by atoms with Crippen LogP contribution in [0.2, 0.25) is 0 Å². The maximum absolute atomic E-state index is 10.9. The minimum absolute atomic E-state index is 0.0229. The molecule has 0 aromatic rings. The highest BCUT2D eigenvalue weighted by Gasteiger charge is 2.61. The van der Waals surface area contributed by atoms with Gasteiger partial charge in [-0.3, -0.25) is 0 Å². The Balaban J connectivity index is 1.63. The van der Waals surface area contributed by atoms with Crippen LogP contribution in [-0.2, 0) is 0 Å². The number of aliphatic hydroxyl groups is 2. The molecule has 0 radical (unpaired) electrons. The number of fused-ring (bicyclic) bond motifs is 2. The van der Waals surface area contributed by atoms with Crippen LogP contribution in [0.3, 0.4) is 0 Å². The fourth-order valence-electron chi connectivity index (χ4n) is 9.98. The molecule has 4 fully saturated rings. The van der Waals surface area contributed by atoms with Crippen molar-refractivity contribution in [2.75, 3.05) is 0 Å². The van der Waals surface area contributed by atoms with Crippen LogP contribution in [-0.4, -0.2) is 22.4 Å². The first-order chi connectivity index (χ1) is 15.1. The molecule has 8 atom stereocenters. The van der Waals surface area contributed by atoms with Crippen LogP contribution < -0.4 is 0 Å². The Morgan fingerprint density at radius 1 is 0.758 bits per heavy atom. The molecule has 0 spiro atoms. The van der Waals surface area contributed by atoms with Crippen molar-refractivity contribution in [1.29, 1.82) is 0 Å². The lowest BCUT2D eigenvalue weighted by Gasteiger charge is -2.64. The van der Waals surface area contributed by atoms with E-state index in [0.29, 0.717) is 17.8 Å². The third-order valence-electron chi connectivity index (χ3n) is 12.7. The van der Waals surface area contributed by atoms with E-state index in [0.717, 1.165) is 44.9 Å². The van der Waals surface area contributed by atoms with Crippen molar-refractivity contribution in [3.05, 3.63) is 24.3 Å². The molecule has 188 valence electrons. The van der Waals surface area contributed by atoms with Crippen LogP contribution in [0.15, 0.2) is 24.3 Å². The third kappa shape index (κ3) is 3.47. The van der Waals surface area contributed by atoms with Gasteiger partial charge in [0.25, 0.3) is 0 Å². The number of allylic oxidation sites excluding steroid dienone is 2. The van der Waals surface area contributed by atoms with Crippen molar-refractivity contribution in [3.8, 4) is 0 Å². The largest absolute Gasteiger partial charge is 0.393 e. The van der Waals surface area contributed by atoms with Gasteiger partial charge in [-0.15, -0.1) is 0 Å². The molecular formula is C31H52O2. The number of aliphatic hydroxyl groups excluding tert-OH is 2. The summed E-state index contributed by atoms with van der Waals surface area (Å²) in [5.41, 5.74) is 3.34. The van der Waals surface area contributed by atoms with Crippen LogP contribution >= 0.6 is 0 Å². The smallest absolute Gasteiger partial charge is 0.0594 e. The van der Waals surface area contributed by atoms with E-state index in [4.69, 9.17) is 0 Å². The van der Waals surface area contributed by atoms with E-state index in [9.17, 15) is 10.2 Å². The van der Waals surface area contributed by atoms with Crippen molar-refractivity contribution < 1.29 is 10.2 Å². The Hall–Kier alpha value is -0.600. The average Bonchev–Trinajstić information content (AvgIpc) is 2.72. The Kier molecular flexibility index (Phi) is 6.14. The van der Waals surface area contributed by atoms with Gasteiger partial charge in [-0.25, -0.2) is 0 Å². The minimum atomic E-state index is -0.195. The molecule has 0 aromatic heterocycles. The summed E-state index contributed by atoms with van der Waals surface area (Å²) in [6.07, 6.45) is 10.5. The Bertz CT molecular complexity index is 808. The number of hydrogen-bond donors (Lipinski definition) is 2. The van der Waals surface area contributed by atoms with Gasteiger partial charge in [-0.05, 0) is 109 Å². The number of hydrogen-bond acceptors (Lipinski definition) is 2. The summed E-state index contributed by atoms with van der Waals surface area (Å²) in [4.78, 5) is 0. The standard InChI is InChI=1S/C31H52O2/c1-20-10-12-23-27(3,4)25(32)15-17-29(23,7)22(20)14-18-30(8)21(2)11-13-24-28(5,6)26(33)16-19-31(24,30)9/h22-26,32-33H,1-2,10-19H2,3-9H3/t22-,23-,24-,25-,26?,29+,30-,31-/m0/s1.